The molecular weight excluding hydrogens is 229 g/mol. The molecule has 1 aromatic carbocycles. The largest absolute Gasteiger partial charge is 0.396 e. The van der Waals surface area contributed by atoms with Gasteiger partial charge in [0.1, 0.15) is 6.42 Å². The van der Waals surface area contributed by atoms with Crippen molar-refractivity contribution in [2.45, 2.75) is 40.3 Å². The predicted molar refractivity (Wildman–Crippen MR) is 60.4 cm³/mol. The quantitative estimate of drug-likeness (QED) is 0.717. The Morgan fingerprint density at radius 1 is 1.06 bits per heavy atom. The van der Waals surface area contributed by atoms with E-state index in [0.717, 1.165) is 11.1 Å². The van der Waals surface area contributed by atoms with Crippen molar-refractivity contribution in [2.24, 2.45) is 0 Å². The van der Waals surface area contributed by atoms with Crippen LogP contribution in [-0.4, -0.2) is 12.0 Å². The van der Waals surface area contributed by atoms with Crippen molar-refractivity contribution in [2.75, 3.05) is 0 Å². The van der Waals surface area contributed by atoms with E-state index in [1.165, 1.54) is 0 Å². The number of Topliss-reactive ketones (excluding diaryl/α,β-unsaturated/α-hetero) is 1. The van der Waals surface area contributed by atoms with Crippen LogP contribution in [0.2, 0.25) is 0 Å². The van der Waals surface area contributed by atoms with Gasteiger partial charge in [0.15, 0.2) is 5.78 Å². The highest BCUT2D eigenvalue weighted by atomic mass is 19.4. The number of rotatable bonds is 2. The van der Waals surface area contributed by atoms with E-state index in [4.69, 9.17) is 0 Å². The number of carbonyl (C=O) groups excluding carboxylic acids is 1. The summed E-state index contributed by atoms with van der Waals surface area (Å²) in [6, 6.07) is 1.88. The van der Waals surface area contributed by atoms with Crippen LogP contribution in [-0.2, 0) is 0 Å². The Morgan fingerprint density at radius 2 is 1.47 bits per heavy atom. The summed E-state index contributed by atoms with van der Waals surface area (Å²) < 4.78 is 36.7. The molecule has 0 radical (unpaired) electrons. The number of carbonyl (C=O) groups is 1. The summed E-state index contributed by atoms with van der Waals surface area (Å²) in [6.45, 7) is 6.97. The van der Waals surface area contributed by atoms with Crippen molar-refractivity contribution in [1.82, 2.24) is 0 Å². The van der Waals surface area contributed by atoms with E-state index in [-0.39, 0.29) is 5.56 Å². The number of alkyl halides is 3. The molecule has 0 bridgehead atoms. The molecule has 0 aliphatic rings. The Balaban J connectivity index is 3.27. The average molecular weight is 244 g/mol. The first kappa shape index (κ1) is 13.7. The second-order valence-electron chi connectivity index (χ2n) is 4.35. The first-order valence-electron chi connectivity index (χ1n) is 5.31. The van der Waals surface area contributed by atoms with Crippen molar-refractivity contribution < 1.29 is 18.0 Å². The monoisotopic (exact) mass is 244 g/mol. The molecule has 0 N–H and O–H groups in total. The Bertz CT molecular complexity index is 432. The minimum absolute atomic E-state index is 0.222. The smallest absolute Gasteiger partial charge is 0.294 e. The molecule has 0 heterocycles. The summed E-state index contributed by atoms with van der Waals surface area (Å²) in [5, 5.41) is 0. The molecule has 0 aliphatic heterocycles. The second kappa shape index (κ2) is 4.51. The molecule has 0 aliphatic carbocycles. The summed E-state index contributed by atoms with van der Waals surface area (Å²) in [5.74, 6) is -0.848. The van der Waals surface area contributed by atoms with E-state index in [0.29, 0.717) is 11.1 Å². The first-order valence-corrected chi connectivity index (χ1v) is 5.31. The zero-order chi connectivity index (χ0) is 13.4. The van der Waals surface area contributed by atoms with Crippen LogP contribution < -0.4 is 0 Å². The minimum Gasteiger partial charge on any atom is -0.294 e. The third-order valence-electron chi connectivity index (χ3n) is 3.01. The van der Waals surface area contributed by atoms with E-state index >= 15 is 0 Å². The molecule has 0 atom stereocenters. The lowest BCUT2D eigenvalue weighted by Crippen LogP contribution is -2.17. The summed E-state index contributed by atoms with van der Waals surface area (Å²) in [4.78, 5) is 11.7. The van der Waals surface area contributed by atoms with Gasteiger partial charge in [-0.1, -0.05) is 6.07 Å². The summed E-state index contributed by atoms with van der Waals surface area (Å²) in [5.41, 5.74) is 3.20. The summed E-state index contributed by atoms with van der Waals surface area (Å²) in [7, 11) is 0. The van der Waals surface area contributed by atoms with Crippen LogP contribution >= 0.6 is 0 Å². The molecule has 0 saturated carbocycles. The molecule has 0 amide bonds. The summed E-state index contributed by atoms with van der Waals surface area (Å²) in [6.07, 6.45) is -5.84. The first-order chi connectivity index (χ1) is 7.63. The Hall–Kier alpha value is -1.32. The molecule has 94 valence electrons. The van der Waals surface area contributed by atoms with Crippen LogP contribution in [0.3, 0.4) is 0 Å². The van der Waals surface area contributed by atoms with Crippen LogP contribution in [0.15, 0.2) is 6.07 Å². The van der Waals surface area contributed by atoms with Gasteiger partial charge >= 0.3 is 6.18 Å². The van der Waals surface area contributed by atoms with Crippen LogP contribution in [0.4, 0.5) is 13.2 Å². The number of hydrogen-bond donors (Lipinski definition) is 0. The fraction of sp³-hybridized carbons (Fsp3) is 0.462. The van der Waals surface area contributed by atoms with E-state index in [1.807, 2.05) is 6.07 Å². The Kier molecular flexibility index (Phi) is 3.65. The normalized spacial score (nSPS) is 11.7. The van der Waals surface area contributed by atoms with Crippen molar-refractivity contribution in [1.29, 1.82) is 0 Å². The standard InChI is InChI=1S/C13H15F3O/c1-7-5-8(2)10(4)12(9(7)3)11(17)6-13(14,15)16/h5H,6H2,1-4H3. The molecule has 1 rings (SSSR count). The second-order valence-corrected chi connectivity index (χ2v) is 4.35. The number of halogens is 3. The molecule has 1 nitrogen and oxygen atoms in total. The maximum Gasteiger partial charge on any atom is 0.396 e. The van der Waals surface area contributed by atoms with Gasteiger partial charge in [-0.25, -0.2) is 0 Å². The van der Waals surface area contributed by atoms with E-state index in [1.54, 1.807) is 27.7 Å². The van der Waals surface area contributed by atoms with Crippen LogP contribution in [0.1, 0.15) is 39.0 Å². The minimum atomic E-state index is -4.45. The molecular formula is C13H15F3O. The Morgan fingerprint density at radius 3 is 1.82 bits per heavy atom. The lowest BCUT2D eigenvalue weighted by molar-refractivity contribution is -0.125. The Labute approximate surface area is 98.6 Å². The van der Waals surface area contributed by atoms with Crippen molar-refractivity contribution in [3.8, 4) is 0 Å². The number of benzene rings is 1. The van der Waals surface area contributed by atoms with Crippen molar-refractivity contribution in [3.63, 3.8) is 0 Å². The lowest BCUT2D eigenvalue weighted by atomic mass is 9.91. The zero-order valence-electron chi connectivity index (χ0n) is 10.3. The average Bonchev–Trinajstić information content (AvgIpc) is 2.12. The van der Waals surface area contributed by atoms with E-state index in [9.17, 15) is 18.0 Å². The third kappa shape index (κ3) is 3.08. The molecule has 0 spiro atoms. The highest BCUT2D eigenvalue weighted by molar-refractivity contribution is 5.99. The van der Waals surface area contributed by atoms with Gasteiger partial charge in [-0.3, -0.25) is 4.79 Å². The van der Waals surface area contributed by atoms with Gasteiger partial charge in [0, 0.05) is 5.56 Å². The van der Waals surface area contributed by atoms with E-state index in [2.05, 4.69) is 0 Å². The highest BCUT2D eigenvalue weighted by Gasteiger charge is 2.33. The molecule has 0 aromatic heterocycles. The molecule has 0 saturated heterocycles. The molecule has 4 heteroatoms. The predicted octanol–water partition coefficient (Wildman–Crippen LogP) is 4.06. The van der Waals surface area contributed by atoms with Crippen LogP contribution in [0, 0.1) is 27.7 Å². The zero-order valence-corrected chi connectivity index (χ0v) is 10.3. The molecule has 0 fully saturated rings. The maximum absolute atomic E-state index is 12.2. The SMILES string of the molecule is Cc1cc(C)c(C)c(C(=O)CC(F)(F)F)c1C. The van der Waals surface area contributed by atoms with Gasteiger partial charge < -0.3 is 0 Å². The number of ketones is 1. The molecule has 0 unspecified atom stereocenters. The third-order valence-corrected chi connectivity index (χ3v) is 3.01. The number of aryl methyl sites for hydroxylation is 2. The summed E-state index contributed by atoms with van der Waals surface area (Å²) >= 11 is 0. The fourth-order valence-electron chi connectivity index (χ4n) is 1.91. The van der Waals surface area contributed by atoms with Crippen molar-refractivity contribution in [3.05, 3.63) is 33.9 Å². The van der Waals surface area contributed by atoms with Gasteiger partial charge in [0.05, 0.1) is 0 Å². The highest BCUT2D eigenvalue weighted by Crippen LogP contribution is 2.27. The lowest BCUT2D eigenvalue weighted by Gasteiger charge is -2.15. The number of hydrogen-bond acceptors (Lipinski definition) is 1. The van der Waals surface area contributed by atoms with E-state index < -0.39 is 18.4 Å². The molecule has 17 heavy (non-hydrogen) atoms. The van der Waals surface area contributed by atoms with Crippen molar-refractivity contribution >= 4 is 5.78 Å². The van der Waals surface area contributed by atoms with Gasteiger partial charge in [0.2, 0.25) is 0 Å². The van der Waals surface area contributed by atoms with Gasteiger partial charge in [0.25, 0.3) is 0 Å². The van der Waals surface area contributed by atoms with Crippen LogP contribution in [0.5, 0.6) is 0 Å². The van der Waals surface area contributed by atoms with Gasteiger partial charge in [-0.05, 0) is 49.9 Å². The van der Waals surface area contributed by atoms with Crippen LogP contribution in [0.25, 0.3) is 0 Å². The fourth-order valence-corrected chi connectivity index (χ4v) is 1.91. The molecule has 1 aromatic rings. The maximum atomic E-state index is 12.2. The topological polar surface area (TPSA) is 17.1 Å². The van der Waals surface area contributed by atoms with Gasteiger partial charge in [-0.2, -0.15) is 13.2 Å². The van der Waals surface area contributed by atoms with Gasteiger partial charge in [-0.15, -0.1) is 0 Å².